The lowest BCUT2D eigenvalue weighted by molar-refractivity contribution is -0.122. The topological polar surface area (TPSA) is 79.5 Å². The number of carbonyl (C=O) groups is 2. The molecule has 1 N–H and O–H groups in total. The number of rotatable bonds is 5. The highest BCUT2D eigenvalue weighted by Gasteiger charge is 2.56. The van der Waals surface area contributed by atoms with Crippen LogP contribution in [-0.2, 0) is 16.2 Å². The van der Waals surface area contributed by atoms with Crippen LogP contribution in [0.4, 0.5) is 5.69 Å². The number of thioether (sulfide) groups is 1. The third kappa shape index (κ3) is 4.20. The monoisotopic (exact) mass is 528 g/mol. The van der Waals surface area contributed by atoms with Gasteiger partial charge in [-0.15, -0.1) is 0 Å². The molecule has 37 heavy (non-hydrogen) atoms. The van der Waals surface area contributed by atoms with Crippen molar-refractivity contribution in [1.82, 2.24) is 4.98 Å². The number of ether oxygens (including phenoxy) is 1. The van der Waals surface area contributed by atoms with Crippen molar-refractivity contribution in [1.29, 1.82) is 0 Å². The number of H-pyrrole nitrogens is 1. The quantitative estimate of drug-likeness (QED) is 0.350. The maximum atomic E-state index is 13.8. The number of imide groups is 1. The average molecular weight is 529 g/mol. The molecule has 0 saturated carbocycles. The molecule has 186 valence electrons. The molecule has 1 saturated heterocycles. The van der Waals surface area contributed by atoms with Crippen molar-refractivity contribution in [3.63, 3.8) is 0 Å². The molecule has 6 nitrogen and oxygen atoms in total. The lowest BCUT2D eigenvalue weighted by atomic mass is 9.83. The Morgan fingerprint density at radius 2 is 1.62 bits per heavy atom. The summed E-state index contributed by atoms with van der Waals surface area (Å²) in [5, 5.41) is 0.0709. The van der Waals surface area contributed by atoms with Gasteiger partial charge in [0.15, 0.2) is 0 Å². The Balaban J connectivity index is 1.33. The SMILES string of the molecule is Cc1ccc(N2C(=O)C3Sc4[nH]c(=O)sc4C(c4ccc(OCc5ccccc5C)cc4)C3C2=O)cc1. The van der Waals surface area contributed by atoms with Crippen molar-refractivity contribution in [3.05, 3.63) is 110 Å². The van der Waals surface area contributed by atoms with Gasteiger partial charge in [0.25, 0.3) is 0 Å². The highest BCUT2D eigenvalue weighted by molar-refractivity contribution is 8.00. The molecule has 0 radical (unpaired) electrons. The maximum Gasteiger partial charge on any atom is 0.305 e. The second-order valence-corrected chi connectivity index (χ2v) is 11.5. The molecule has 0 spiro atoms. The van der Waals surface area contributed by atoms with Crippen molar-refractivity contribution in [2.45, 2.75) is 36.6 Å². The van der Waals surface area contributed by atoms with Gasteiger partial charge in [0.2, 0.25) is 11.8 Å². The fourth-order valence-electron chi connectivity index (χ4n) is 5.03. The first kappa shape index (κ1) is 23.8. The minimum Gasteiger partial charge on any atom is -0.489 e. The van der Waals surface area contributed by atoms with Gasteiger partial charge in [0.05, 0.1) is 16.6 Å². The van der Waals surface area contributed by atoms with Gasteiger partial charge in [-0.25, -0.2) is 4.90 Å². The zero-order chi connectivity index (χ0) is 25.7. The largest absolute Gasteiger partial charge is 0.489 e. The Morgan fingerprint density at radius 3 is 2.35 bits per heavy atom. The number of anilines is 1. The highest BCUT2D eigenvalue weighted by Crippen LogP contribution is 2.53. The summed E-state index contributed by atoms with van der Waals surface area (Å²) >= 11 is 2.40. The Labute approximate surface area is 222 Å². The third-order valence-corrected chi connectivity index (χ3v) is 9.41. The molecule has 0 aliphatic carbocycles. The van der Waals surface area contributed by atoms with Crippen LogP contribution in [0.3, 0.4) is 0 Å². The molecule has 2 aliphatic rings. The van der Waals surface area contributed by atoms with Crippen LogP contribution in [0.2, 0.25) is 0 Å². The molecule has 3 heterocycles. The number of benzene rings is 3. The van der Waals surface area contributed by atoms with E-state index >= 15 is 0 Å². The first-order valence-corrected chi connectivity index (χ1v) is 13.7. The Kier molecular flexibility index (Phi) is 6.01. The lowest BCUT2D eigenvalue weighted by Crippen LogP contribution is -2.32. The van der Waals surface area contributed by atoms with Crippen LogP contribution in [-0.4, -0.2) is 22.0 Å². The van der Waals surface area contributed by atoms with Crippen LogP contribution in [0, 0.1) is 19.8 Å². The predicted molar refractivity (Wildman–Crippen MR) is 146 cm³/mol. The zero-order valence-corrected chi connectivity index (χ0v) is 21.9. The van der Waals surface area contributed by atoms with Crippen molar-refractivity contribution >= 4 is 40.6 Å². The van der Waals surface area contributed by atoms with E-state index < -0.39 is 17.1 Å². The molecule has 3 atom stereocenters. The van der Waals surface area contributed by atoms with Crippen LogP contribution in [0.5, 0.6) is 5.75 Å². The standard InChI is InChI=1S/C29H24N2O4S2/c1-16-7-11-20(12-8-16)31-27(32)23-22(24-26(30-29(34)37-24)36-25(23)28(31)33)18-9-13-21(14-10-18)35-15-19-6-4-3-5-17(19)2/h3-14,22-23,25H,15H2,1-2H3,(H,30,34). The molecule has 3 unspecified atom stereocenters. The van der Waals surface area contributed by atoms with E-state index in [2.05, 4.69) is 18.0 Å². The summed E-state index contributed by atoms with van der Waals surface area (Å²) in [6.07, 6.45) is 0. The van der Waals surface area contributed by atoms with Gasteiger partial charge in [-0.1, -0.05) is 77.2 Å². The number of nitrogens with one attached hydrogen (secondary N) is 1. The molecular weight excluding hydrogens is 504 g/mol. The number of aromatic nitrogens is 1. The molecule has 1 aromatic heterocycles. The van der Waals surface area contributed by atoms with E-state index in [1.54, 1.807) is 12.1 Å². The minimum absolute atomic E-state index is 0.184. The van der Waals surface area contributed by atoms with Gasteiger partial charge < -0.3 is 9.72 Å². The number of aryl methyl sites for hydroxylation is 2. The minimum atomic E-state index is -0.603. The number of amides is 2. The summed E-state index contributed by atoms with van der Waals surface area (Å²) < 4.78 is 6.01. The predicted octanol–water partition coefficient (Wildman–Crippen LogP) is 5.43. The summed E-state index contributed by atoms with van der Waals surface area (Å²) in [6, 6.07) is 23.1. The van der Waals surface area contributed by atoms with E-state index in [0.29, 0.717) is 23.1 Å². The second-order valence-electron chi connectivity index (χ2n) is 9.38. The molecule has 3 aromatic carbocycles. The smallest absolute Gasteiger partial charge is 0.305 e. The molecule has 2 aliphatic heterocycles. The first-order valence-electron chi connectivity index (χ1n) is 12.0. The normalized spacial score (nSPS) is 20.6. The van der Waals surface area contributed by atoms with Crippen molar-refractivity contribution in [2.24, 2.45) is 5.92 Å². The number of hydrogen-bond acceptors (Lipinski definition) is 6. The summed E-state index contributed by atoms with van der Waals surface area (Å²) in [5.74, 6) is -0.766. The second kappa shape index (κ2) is 9.36. The number of nitrogens with zero attached hydrogens (tertiary/aromatic N) is 1. The molecule has 2 amide bonds. The fraction of sp³-hybridized carbons (Fsp3) is 0.207. The van der Waals surface area contributed by atoms with Crippen molar-refractivity contribution < 1.29 is 14.3 Å². The van der Waals surface area contributed by atoms with E-state index in [0.717, 1.165) is 32.9 Å². The lowest BCUT2D eigenvalue weighted by Gasteiger charge is -2.29. The fourth-order valence-corrected chi connectivity index (χ4v) is 7.54. The van der Waals surface area contributed by atoms with Crippen LogP contribution >= 0.6 is 23.1 Å². The molecule has 1 fully saturated rings. The number of hydrogen-bond donors (Lipinski definition) is 1. The Bertz CT molecular complexity index is 1560. The van der Waals surface area contributed by atoms with E-state index in [1.165, 1.54) is 22.2 Å². The number of carbonyl (C=O) groups excluding carboxylic acids is 2. The first-order chi connectivity index (χ1) is 17.9. The Hall–Kier alpha value is -3.62. The van der Waals surface area contributed by atoms with E-state index in [1.807, 2.05) is 61.5 Å². The summed E-state index contributed by atoms with van der Waals surface area (Å²) in [5.41, 5.74) is 4.79. The molecular formula is C29H24N2O4S2. The van der Waals surface area contributed by atoms with Crippen molar-refractivity contribution in [2.75, 3.05) is 4.90 Å². The summed E-state index contributed by atoms with van der Waals surface area (Å²) in [7, 11) is 0. The van der Waals surface area contributed by atoms with E-state index in [-0.39, 0.29) is 16.7 Å². The molecule has 6 rings (SSSR count). The molecule has 0 bridgehead atoms. The number of thiazole rings is 1. The van der Waals surface area contributed by atoms with Gasteiger partial charge in [-0.3, -0.25) is 14.4 Å². The molecule has 8 heteroatoms. The van der Waals surface area contributed by atoms with Crippen LogP contribution in [0.1, 0.15) is 33.0 Å². The third-order valence-electron chi connectivity index (χ3n) is 7.01. The highest BCUT2D eigenvalue weighted by atomic mass is 32.2. The average Bonchev–Trinajstić information content (AvgIpc) is 3.39. The van der Waals surface area contributed by atoms with Gasteiger partial charge in [0, 0.05) is 10.8 Å². The van der Waals surface area contributed by atoms with Gasteiger partial charge in [0.1, 0.15) is 17.6 Å². The van der Waals surface area contributed by atoms with Crippen molar-refractivity contribution in [3.8, 4) is 5.75 Å². The zero-order valence-electron chi connectivity index (χ0n) is 20.3. The Morgan fingerprint density at radius 1 is 0.892 bits per heavy atom. The number of aromatic amines is 1. The van der Waals surface area contributed by atoms with Crippen LogP contribution < -0.4 is 14.5 Å². The van der Waals surface area contributed by atoms with Gasteiger partial charge >= 0.3 is 4.87 Å². The summed E-state index contributed by atoms with van der Waals surface area (Å²) in [4.78, 5) is 44.4. The van der Waals surface area contributed by atoms with Gasteiger partial charge in [-0.05, 0) is 54.8 Å². The van der Waals surface area contributed by atoms with Gasteiger partial charge in [-0.2, -0.15) is 0 Å². The maximum absolute atomic E-state index is 13.8. The molecule has 4 aromatic rings. The van der Waals surface area contributed by atoms with Crippen LogP contribution in [0.15, 0.2) is 82.6 Å². The van der Waals surface area contributed by atoms with E-state index in [4.69, 9.17) is 4.74 Å². The summed E-state index contributed by atoms with van der Waals surface area (Å²) in [6.45, 7) is 4.48. The van der Waals surface area contributed by atoms with E-state index in [9.17, 15) is 14.4 Å². The number of fused-ring (bicyclic) bond motifs is 2. The van der Waals surface area contributed by atoms with Crippen LogP contribution in [0.25, 0.3) is 0 Å².